The first-order chi connectivity index (χ1) is 11.7. The number of hydrogen-bond acceptors (Lipinski definition) is 4. The van der Waals surface area contributed by atoms with Crippen LogP contribution in [0.25, 0.3) is 0 Å². The van der Waals surface area contributed by atoms with Gasteiger partial charge in [0.1, 0.15) is 5.75 Å². The second-order valence-electron chi connectivity index (χ2n) is 5.37. The Morgan fingerprint density at radius 3 is 2.44 bits per heavy atom. The zero-order valence-electron chi connectivity index (χ0n) is 13.6. The molecule has 1 atom stereocenters. The fraction of sp³-hybridized carbons (Fsp3) is 0.235. The molecule has 134 valence electrons. The molecule has 0 bridgehead atoms. The van der Waals surface area contributed by atoms with Gasteiger partial charge in [-0.3, -0.25) is 4.79 Å². The van der Waals surface area contributed by atoms with Crippen molar-refractivity contribution < 1.29 is 26.7 Å². The van der Waals surface area contributed by atoms with Gasteiger partial charge in [0.15, 0.2) is 6.10 Å². The number of para-hydroxylation sites is 1. The highest BCUT2D eigenvalue weighted by Crippen LogP contribution is 2.26. The lowest BCUT2D eigenvalue weighted by atomic mass is 10.2. The highest BCUT2D eigenvalue weighted by molar-refractivity contribution is 7.91. The number of rotatable bonds is 6. The summed E-state index contributed by atoms with van der Waals surface area (Å²) >= 11 is 0. The maximum atomic E-state index is 12.8. The average molecular weight is 369 g/mol. The zero-order chi connectivity index (χ0) is 18.6. The van der Waals surface area contributed by atoms with Crippen molar-refractivity contribution in [2.75, 3.05) is 5.32 Å². The van der Waals surface area contributed by atoms with Gasteiger partial charge in [-0.1, -0.05) is 24.3 Å². The topological polar surface area (TPSA) is 72.5 Å². The van der Waals surface area contributed by atoms with Crippen LogP contribution in [0.5, 0.6) is 5.75 Å². The normalized spacial score (nSPS) is 12.7. The van der Waals surface area contributed by atoms with Gasteiger partial charge in [-0.05, 0) is 43.7 Å². The molecule has 0 unspecified atom stereocenters. The first-order valence-electron chi connectivity index (χ1n) is 7.37. The number of anilines is 1. The lowest BCUT2D eigenvalue weighted by molar-refractivity contribution is -0.122. The smallest absolute Gasteiger partial charge is 0.341 e. The van der Waals surface area contributed by atoms with Crippen LogP contribution in [0.15, 0.2) is 53.4 Å². The van der Waals surface area contributed by atoms with Crippen molar-refractivity contribution in [1.82, 2.24) is 0 Å². The van der Waals surface area contributed by atoms with Gasteiger partial charge in [-0.25, -0.2) is 8.42 Å². The Labute approximate surface area is 144 Å². The van der Waals surface area contributed by atoms with Crippen LogP contribution in [0.4, 0.5) is 14.5 Å². The quantitative estimate of drug-likeness (QED) is 0.847. The monoisotopic (exact) mass is 369 g/mol. The van der Waals surface area contributed by atoms with Gasteiger partial charge in [0.2, 0.25) is 9.84 Å². The highest BCUT2D eigenvalue weighted by Gasteiger charge is 2.30. The lowest BCUT2D eigenvalue weighted by Gasteiger charge is -2.16. The molecule has 0 spiro atoms. The van der Waals surface area contributed by atoms with Crippen LogP contribution < -0.4 is 10.1 Å². The van der Waals surface area contributed by atoms with Gasteiger partial charge >= 0.3 is 5.76 Å². The van der Waals surface area contributed by atoms with Gasteiger partial charge in [0.05, 0.1) is 10.6 Å². The first-order valence-corrected chi connectivity index (χ1v) is 8.91. The summed E-state index contributed by atoms with van der Waals surface area (Å²) in [5.74, 6) is -3.76. The molecule has 0 aliphatic carbocycles. The van der Waals surface area contributed by atoms with E-state index < -0.39 is 32.5 Å². The van der Waals surface area contributed by atoms with Crippen LogP contribution in [0.3, 0.4) is 0 Å². The van der Waals surface area contributed by atoms with Crippen molar-refractivity contribution in [3.05, 3.63) is 54.1 Å². The second kappa shape index (κ2) is 7.60. The molecular weight excluding hydrogens is 352 g/mol. The minimum Gasteiger partial charge on any atom is -0.481 e. The minimum atomic E-state index is -4.83. The Morgan fingerprint density at radius 2 is 1.80 bits per heavy atom. The number of nitrogens with one attached hydrogen (secondary N) is 1. The summed E-state index contributed by atoms with van der Waals surface area (Å²) < 4.78 is 54.4. The molecule has 0 radical (unpaired) electrons. The van der Waals surface area contributed by atoms with Gasteiger partial charge < -0.3 is 10.1 Å². The number of aryl methyl sites for hydroxylation is 1. The Balaban J connectivity index is 2.18. The van der Waals surface area contributed by atoms with E-state index in [4.69, 9.17) is 4.74 Å². The lowest BCUT2D eigenvalue weighted by Crippen LogP contribution is -2.31. The molecule has 5 nitrogen and oxygen atoms in total. The molecule has 0 heterocycles. The number of ether oxygens (including phenoxy) is 1. The van der Waals surface area contributed by atoms with Gasteiger partial charge in [0.25, 0.3) is 5.91 Å². The van der Waals surface area contributed by atoms with E-state index in [2.05, 4.69) is 5.32 Å². The van der Waals surface area contributed by atoms with E-state index in [0.717, 1.165) is 11.6 Å². The van der Waals surface area contributed by atoms with E-state index in [1.54, 1.807) is 18.2 Å². The van der Waals surface area contributed by atoms with Crippen LogP contribution in [0.1, 0.15) is 12.5 Å². The third kappa shape index (κ3) is 4.54. The van der Waals surface area contributed by atoms with Crippen molar-refractivity contribution in [2.24, 2.45) is 0 Å². The predicted octanol–water partition coefficient (Wildman–Crippen LogP) is 3.40. The largest absolute Gasteiger partial charge is 0.481 e. The SMILES string of the molecule is Cc1cccc(O[C@H](C)C(=O)Nc2ccccc2S(=O)(=O)C(F)F)c1. The fourth-order valence-electron chi connectivity index (χ4n) is 2.09. The number of carbonyl (C=O) groups is 1. The molecule has 2 rings (SSSR count). The number of carbonyl (C=O) groups excluding carboxylic acids is 1. The van der Waals surface area contributed by atoms with Crippen molar-refractivity contribution in [1.29, 1.82) is 0 Å². The summed E-state index contributed by atoms with van der Waals surface area (Å²) in [6, 6.07) is 12.0. The molecule has 0 saturated heterocycles. The summed E-state index contributed by atoms with van der Waals surface area (Å²) in [6.45, 7) is 3.34. The van der Waals surface area contributed by atoms with E-state index in [0.29, 0.717) is 5.75 Å². The van der Waals surface area contributed by atoms with Crippen molar-refractivity contribution in [2.45, 2.75) is 30.6 Å². The summed E-state index contributed by atoms with van der Waals surface area (Å²) in [6.07, 6.45) is -0.955. The second-order valence-corrected chi connectivity index (χ2v) is 7.25. The molecule has 1 amide bonds. The number of benzene rings is 2. The molecule has 2 aromatic carbocycles. The van der Waals surface area contributed by atoms with Crippen molar-refractivity contribution >= 4 is 21.4 Å². The molecule has 0 fully saturated rings. The Morgan fingerprint density at radius 1 is 1.12 bits per heavy atom. The number of sulfone groups is 1. The molecule has 2 aromatic rings. The summed E-state index contributed by atoms with van der Waals surface area (Å²) in [5, 5.41) is 2.33. The van der Waals surface area contributed by atoms with Crippen LogP contribution in [0.2, 0.25) is 0 Å². The molecule has 1 N–H and O–H groups in total. The highest BCUT2D eigenvalue weighted by atomic mass is 32.2. The molecule has 0 aliphatic heterocycles. The molecular formula is C17H17F2NO4S. The predicted molar refractivity (Wildman–Crippen MR) is 89.5 cm³/mol. The maximum Gasteiger partial charge on any atom is 0.341 e. The van der Waals surface area contributed by atoms with E-state index in [-0.39, 0.29) is 5.69 Å². The first kappa shape index (κ1) is 18.9. The van der Waals surface area contributed by atoms with E-state index in [1.807, 2.05) is 13.0 Å². The van der Waals surface area contributed by atoms with Crippen molar-refractivity contribution in [3.63, 3.8) is 0 Å². The average Bonchev–Trinajstić information content (AvgIpc) is 2.55. The molecule has 0 aromatic heterocycles. The van der Waals surface area contributed by atoms with E-state index >= 15 is 0 Å². The minimum absolute atomic E-state index is 0.215. The number of hydrogen-bond donors (Lipinski definition) is 1. The third-order valence-corrected chi connectivity index (χ3v) is 4.80. The summed E-state index contributed by atoms with van der Waals surface area (Å²) in [7, 11) is -4.83. The van der Waals surface area contributed by atoms with Crippen LogP contribution in [0, 0.1) is 6.92 Å². The van der Waals surface area contributed by atoms with E-state index in [9.17, 15) is 22.0 Å². The number of alkyl halides is 2. The Kier molecular flexibility index (Phi) is 5.73. The number of halogens is 2. The molecule has 0 aliphatic rings. The van der Waals surface area contributed by atoms with Gasteiger partial charge in [-0.2, -0.15) is 8.78 Å². The number of amides is 1. The molecule has 8 heteroatoms. The summed E-state index contributed by atoms with van der Waals surface area (Å²) in [4.78, 5) is 11.6. The van der Waals surface area contributed by atoms with Crippen LogP contribution in [-0.4, -0.2) is 26.2 Å². The maximum absolute atomic E-state index is 12.8. The van der Waals surface area contributed by atoms with Crippen LogP contribution >= 0.6 is 0 Å². The van der Waals surface area contributed by atoms with Gasteiger partial charge in [0, 0.05) is 0 Å². The zero-order valence-corrected chi connectivity index (χ0v) is 14.4. The summed E-state index contributed by atoms with van der Waals surface area (Å²) in [5.41, 5.74) is 0.728. The Hall–Kier alpha value is -2.48. The Bertz CT molecular complexity index is 868. The van der Waals surface area contributed by atoms with E-state index in [1.165, 1.54) is 25.1 Å². The third-order valence-electron chi connectivity index (χ3n) is 3.36. The van der Waals surface area contributed by atoms with Gasteiger partial charge in [-0.15, -0.1) is 0 Å². The van der Waals surface area contributed by atoms with Crippen LogP contribution in [-0.2, 0) is 14.6 Å². The van der Waals surface area contributed by atoms with Crippen molar-refractivity contribution in [3.8, 4) is 5.75 Å². The fourth-order valence-corrected chi connectivity index (χ4v) is 2.98. The standard InChI is InChI=1S/C17H17F2NO4S/c1-11-6-5-7-13(10-11)24-12(2)16(21)20-14-8-3-4-9-15(14)25(22,23)17(18)19/h3-10,12,17H,1-2H3,(H,20,21)/t12-/m1/s1. The molecule has 25 heavy (non-hydrogen) atoms. The molecule has 0 saturated carbocycles.